The number of likely N-dealkylation sites (tertiary alicyclic amines) is 1. The molecule has 0 aliphatic carbocycles. The zero-order chi connectivity index (χ0) is 20.9. The van der Waals surface area contributed by atoms with Crippen LogP contribution in [0.2, 0.25) is 0 Å². The maximum Gasteiger partial charge on any atom is 0.231 e. The quantitative estimate of drug-likeness (QED) is 0.754. The lowest BCUT2D eigenvalue weighted by Crippen LogP contribution is -2.40. The highest BCUT2D eigenvalue weighted by Crippen LogP contribution is 2.39. The van der Waals surface area contributed by atoms with Gasteiger partial charge in [0.2, 0.25) is 12.7 Å². The van der Waals surface area contributed by atoms with E-state index in [0.29, 0.717) is 12.5 Å². The molecule has 30 heavy (non-hydrogen) atoms. The number of carbonyl (C=O) groups is 1. The number of ether oxygens (including phenoxy) is 3. The third-order valence-corrected chi connectivity index (χ3v) is 5.72. The molecule has 4 rings (SSSR count). The Bertz CT molecular complexity index is 866. The molecular formula is C23H29N3O4. The average Bonchev–Trinajstić information content (AvgIpc) is 3.21. The number of pyridine rings is 1. The first-order chi connectivity index (χ1) is 14.6. The number of nitrogens with one attached hydrogen (secondary N) is 1. The van der Waals surface area contributed by atoms with Crippen LogP contribution >= 0.6 is 0 Å². The Morgan fingerprint density at radius 2 is 2.03 bits per heavy atom. The average molecular weight is 412 g/mol. The molecule has 7 nitrogen and oxygen atoms in total. The van der Waals surface area contributed by atoms with Crippen LogP contribution in [0.4, 0.5) is 0 Å². The number of piperidine rings is 1. The first kappa shape index (κ1) is 20.5. The first-order valence-electron chi connectivity index (χ1n) is 10.6. The Morgan fingerprint density at radius 1 is 1.27 bits per heavy atom. The van der Waals surface area contributed by atoms with E-state index in [-0.39, 0.29) is 18.7 Å². The maximum atomic E-state index is 11.8. The van der Waals surface area contributed by atoms with E-state index >= 15 is 0 Å². The summed E-state index contributed by atoms with van der Waals surface area (Å²) in [5.74, 6) is 2.73. The van der Waals surface area contributed by atoms with Gasteiger partial charge in [0.1, 0.15) is 5.75 Å². The number of fused-ring (bicyclic) bond motifs is 1. The summed E-state index contributed by atoms with van der Waals surface area (Å²) in [6.07, 6.45) is 3.78. The van der Waals surface area contributed by atoms with Crippen LogP contribution in [0.25, 0.3) is 0 Å². The molecule has 1 aromatic heterocycles. The standard InChI is InChI=1S/C23H29N3O4/c1-3-28-20-13-22-21(29-15-30-22)12-18(20)14-26-10-7-17(8-11-26)23(25-16(2)27)19-6-4-5-9-24-19/h4-6,9,12-13,17,23H,3,7-8,10-11,14-15H2,1-2H3,(H,25,27)/t23-/m0/s1. The Hall–Kier alpha value is -2.80. The van der Waals surface area contributed by atoms with Gasteiger partial charge in [0, 0.05) is 31.3 Å². The number of hydrogen-bond acceptors (Lipinski definition) is 6. The molecule has 0 unspecified atom stereocenters. The second-order valence-corrected chi connectivity index (χ2v) is 7.79. The maximum absolute atomic E-state index is 11.8. The van der Waals surface area contributed by atoms with Crippen molar-refractivity contribution in [3.63, 3.8) is 0 Å². The number of aromatic nitrogens is 1. The summed E-state index contributed by atoms with van der Waals surface area (Å²) in [5, 5.41) is 3.11. The van der Waals surface area contributed by atoms with Crippen LogP contribution in [-0.2, 0) is 11.3 Å². The van der Waals surface area contributed by atoms with E-state index in [1.807, 2.05) is 37.3 Å². The SMILES string of the molecule is CCOc1cc2c(cc1CN1CCC([C@H](NC(C)=O)c3ccccn3)CC1)OCO2. The summed E-state index contributed by atoms with van der Waals surface area (Å²) < 4.78 is 16.9. The molecule has 160 valence electrons. The number of benzene rings is 1. The fraction of sp³-hybridized carbons (Fsp3) is 0.478. The summed E-state index contributed by atoms with van der Waals surface area (Å²) in [4.78, 5) is 18.7. The molecule has 2 aromatic rings. The highest BCUT2D eigenvalue weighted by atomic mass is 16.7. The molecule has 1 amide bonds. The van der Waals surface area contributed by atoms with Crippen LogP contribution in [0, 0.1) is 5.92 Å². The van der Waals surface area contributed by atoms with Crippen molar-refractivity contribution in [3.05, 3.63) is 47.8 Å². The Balaban J connectivity index is 1.42. The van der Waals surface area contributed by atoms with Crippen molar-refractivity contribution in [1.82, 2.24) is 15.2 Å². The minimum absolute atomic E-state index is 0.0187. The lowest BCUT2D eigenvalue weighted by atomic mass is 9.87. The largest absolute Gasteiger partial charge is 0.493 e. The highest BCUT2D eigenvalue weighted by Gasteiger charge is 2.30. The van der Waals surface area contributed by atoms with E-state index in [0.717, 1.165) is 61.0 Å². The number of amides is 1. The van der Waals surface area contributed by atoms with Gasteiger partial charge in [-0.2, -0.15) is 0 Å². The van der Waals surface area contributed by atoms with Crippen molar-refractivity contribution in [2.75, 3.05) is 26.5 Å². The summed E-state index contributed by atoms with van der Waals surface area (Å²) in [5.41, 5.74) is 2.04. The number of carbonyl (C=O) groups excluding carboxylic acids is 1. The smallest absolute Gasteiger partial charge is 0.231 e. The van der Waals surface area contributed by atoms with Crippen LogP contribution < -0.4 is 19.5 Å². The number of hydrogen-bond donors (Lipinski definition) is 1. The van der Waals surface area contributed by atoms with Crippen LogP contribution in [0.15, 0.2) is 36.5 Å². The molecule has 0 saturated carbocycles. The van der Waals surface area contributed by atoms with E-state index in [1.165, 1.54) is 0 Å². The second-order valence-electron chi connectivity index (χ2n) is 7.79. The highest BCUT2D eigenvalue weighted by molar-refractivity contribution is 5.73. The van der Waals surface area contributed by atoms with Crippen molar-refractivity contribution in [3.8, 4) is 17.2 Å². The molecule has 7 heteroatoms. The van der Waals surface area contributed by atoms with Gasteiger partial charge in [-0.15, -0.1) is 0 Å². The predicted molar refractivity (Wildman–Crippen MR) is 113 cm³/mol. The van der Waals surface area contributed by atoms with Gasteiger partial charge in [0.15, 0.2) is 11.5 Å². The van der Waals surface area contributed by atoms with E-state index in [4.69, 9.17) is 14.2 Å². The van der Waals surface area contributed by atoms with Gasteiger partial charge in [0.05, 0.1) is 18.3 Å². The van der Waals surface area contributed by atoms with Crippen molar-refractivity contribution in [2.24, 2.45) is 5.92 Å². The predicted octanol–water partition coefficient (Wildman–Crippen LogP) is 3.30. The normalized spacial score (nSPS) is 17.5. The molecule has 2 aliphatic rings. The minimum Gasteiger partial charge on any atom is -0.493 e. The minimum atomic E-state index is -0.0459. The van der Waals surface area contributed by atoms with Crippen molar-refractivity contribution in [2.45, 2.75) is 39.3 Å². The fourth-order valence-electron chi connectivity index (χ4n) is 4.28. The van der Waals surface area contributed by atoms with Gasteiger partial charge in [0.25, 0.3) is 0 Å². The molecule has 1 atom stereocenters. The third kappa shape index (κ3) is 4.67. The molecule has 1 saturated heterocycles. The number of nitrogens with zero attached hydrogens (tertiary/aromatic N) is 2. The Morgan fingerprint density at radius 3 is 2.70 bits per heavy atom. The van der Waals surface area contributed by atoms with Crippen molar-refractivity contribution < 1.29 is 19.0 Å². The molecule has 2 aliphatic heterocycles. The summed E-state index contributed by atoms with van der Waals surface area (Å²) in [7, 11) is 0. The van der Waals surface area contributed by atoms with Gasteiger partial charge in [-0.25, -0.2) is 0 Å². The Labute approximate surface area is 177 Å². The summed E-state index contributed by atoms with van der Waals surface area (Å²) in [6, 6.07) is 9.79. The molecule has 3 heterocycles. The van der Waals surface area contributed by atoms with Gasteiger partial charge in [-0.3, -0.25) is 14.7 Å². The lowest BCUT2D eigenvalue weighted by molar-refractivity contribution is -0.120. The summed E-state index contributed by atoms with van der Waals surface area (Å²) >= 11 is 0. The van der Waals surface area contributed by atoms with Crippen LogP contribution in [0.1, 0.15) is 44.0 Å². The third-order valence-electron chi connectivity index (χ3n) is 5.72. The zero-order valence-electron chi connectivity index (χ0n) is 17.6. The van der Waals surface area contributed by atoms with E-state index in [9.17, 15) is 4.79 Å². The van der Waals surface area contributed by atoms with Crippen molar-refractivity contribution in [1.29, 1.82) is 0 Å². The van der Waals surface area contributed by atoms with Gasteiger partial charge < -0.3 is 19.5 Å². The topological polar surface area (TPSA) is 72.9 Å². The number of rotatable bonds is 7. The molecular weight excluding hydrogens is 382 g/mol. The second kappa shape index (κ2) is 9.34. The lowest BCUT2D eigenvalue weighted by Gasteiger charge is -2.36. The molecule has 0 bridgehead atoms. The van der Waals surface area contributed by atoms with E-state index in [2.05, 4.69) is 15.2 Å². The molecule has 0 radical (unpaired) electrons. The molecule has 1 fully saturated rings. The fourth-order valence-corrected chi connectivity index (χ4v) is 4.28. The van der Waals surface area contributed by atoms with Gasteiger partial charge in [-0.1, -0.05) is 6.07 Å². The monoisotopic (exact) mass is 411 g/mol. The molecule has 1 N–H and O–H groups in total. The van der Waals surface area contributed by atoms with E-state index in [1.54, 1.807) is 13.1 Å². The van der Waals surface area contributed by atoms with Crippen LogP contribution in [0.5, 0.6) is 17.2 Å². The van der Waals surface area contributed by atoms with Crippen LogP contribution in [-0.4, -0.2) is 42.3 Å². The van der Waals surface area contributed by atoms with Crippen LogP contribution in [0.3, 0.4) is 0 Å². The van der Waals surface area contributed by atoms with E-state index < -0.39 is 0 Å². The molecule has 0 spiro atoms. The Kier molecular flexibility index (Phi) is 6.38. The molecule has 1 aromatic carbocycles. The zero-order valence-corrected chi connectivity index (χ0v) is 17.6. The van der Waals surface area contributed by atoms with Gasteiger partial charge >= 0.3 is 0 Å². The van der Waals surface area contributed by atoms with Gasteiger partial charge in [-0.05, 0) is 57.0 Å². The van der Waals surface area contributed by atoms with Crippen molar-refractivity contribution >= 4 is 5.91 Å². The summed E-state index contributed by atoms with van der Waals surface area (Å²) in [6.45, 7) is 7.12. The first-order valence-corrected chi connectivity index (χ1v) is 10.6.